The summed E-state index contributed by atoms with van der Waals surface area (Å²) in [6.07, 6.45) is -0.732. The van der Waals surface area contributed by atoms with Crippen LogP contribution in [0.3, 0.4) is 0 Å². The van der Waals surface area contributed by atoms with Crippen molar-refractivity contribution in [1.29, 1.82) is 0 Å². The number of hydrogen-bond donors (Lipinski definition) is 2. The lowest BCUT2D eigenvalue weighted by molar-refractivity contribution is 0.0608. The highest BCUT2D eigenvalue weighted by Gasteiger charge is 2.18. The van der Waals surface area contributed by atoms with Gasteiger partial charge in [0.05, 0.1) is 18.4 Å². The molecule has 0 aliphatic rings. The van der Waals surface area contributed by atoms with Crippen LogP contribution in [0.4, 0.5) is 0 Å². The van der Waals surface area contributed by atoms with Gasteiger partial charge in [0.25, 0.3) is 5.91 Å². The Balaban J connectivity index is 2.19. The standard InChI is InChI=1S/C17H23N3O3/c1-12(2)16-9-15(17(22)18-10-14(21)11-23-3)19-20(16)13-7-5-4-6-8-13/h4-9,12,14,21H,10-11H2,1-3H3,(H,18,22). The summed E-state index contributed by atoms with van der Waals surface area (Å²) in [6.45, 7) is 4.42. The van der Waals surface area contributed by atoms with Crippen LogP contribution in [0.5, 0.6) is 0 Å². The molecule has 0 saturated carbocycles. The summed E-state index contributed by atoms with van der Waals surface area (Å²) in [5.41, 5.74) is 2.20. The van der Waals surface area contributed by atoms with Crippen molar-refractivity contribution in [3.63, 3.8) is 0 Å². The highest BCUT2D eigenvalue weighted by atomic mass is 16.5. The Kier molecular flexibility index (Phi) is 5.90. The first-order chi connectivity index (χ1) is 11.0. The van der Waals surface area contributed by atoms with Crippen LogP contribution in [0.25, 0.3) is 5.69 Å². The number of ether oxygens (including phenoxy) is 1. The van der Waals surface area contributed by atoms with Crippen molar-refractivity contribution in [1.82, 2.24) is 15.1 Å². The van der Waals surface area contributed by atoms with Crippen molar-refractivity contribution in [3.05, 3.63) is 47.8 Å². The first-order valence-corrected chi connectivity index (χ1v) is 7.63. The molecule has 1 unspecified atom stereocenters. The number of rotatable bonds is 7. The minimum Gasteiger partial charge on any atom is -0.389 e. The molecule has 2 aromatic rings. The number of hydrogen-bond acceptors (Lipinski definition) is 4. The van der Waals surface area contributed by atoms with Crippen molar-refractivity contribution in [2.45, 2.75) is 25.9 Å². The zero-order chi connectivity index (χ0) is 16.8. The predicted molar refractivity (Wildman–Crippen MR) is 87.9 cm³/mol. The van der Waals surface area contributed by atoms with Gasteiger partial charge in [-0.15, -0.1) is 0 Å². The molecule has 0 saturated heterocycles. The van der Waals surface area contributed by atoms with Gasteiger partial charge in [0.2, 0.25) is 0 Å². The second kappa shape index (κ2) is 7.89. The normalized spacial score (nSPS) is 12.4. The first-order valence-electron chi connectivity index (χ1n) is 7.63. The van der Waals surface area contributed by atoms with Gasteiger partial charge >= 0.3 is 0 Å². The van der Waals surface area contributed by atoms with Gasteiger partial charge in [0.1, 0.15) is 0 Å². The molecule has 1 aromatic heterocycles. The van der Waals surface area contributed by atoms with E-state index < -0.39 is 6.10 Å². The van der Waals surface area contributed by atoms with Crippen molar-refractivity contribution in [3.8, 4) is 5.69 Å². The van der Waals surface area contributed by atoms with E-state index in [1.807, 2.05) is 30.3 Å². The number of amides is 1. The van der Waals surface area contributed by atoms with E-state index in [0.717, 1.165) is 11.4 Å². The fourth-order valence-electron chi connectivity index (χ4n) is 2.25. The van der Waals surface area contributed by atoms with E-state index in [9.17, 15) is 9.90 Å². The highest BCUT2D eigenvalue weighted by Crippen LogP contribution is 2.20. The van der Waals surface area contributed by atoms with Gasteiger partial charge in [-0.3, -0.25) is 4.79 Å². The largest absolute Gasteiger partial charge is 0.389 e. The number of methoxy groups -OCH3 is 1. The third-order valence-electron chi connectivity index (χ3n) is 3.42. The Morgan fingerprint density at radius 1 is 1.35 bits per heavy atom. The molecule has 0 fully saturated rings. The molecule has 0 spiro atoms. The van der Waals surface area contributed by atoms with Crippen LogP contribution >= 0.6 is 0 Å². The van der Waals surface area contributed by atoms with Gasteiger partial charge in [-0.2, -0.15) is 5.10 Å². The molecule has 6 nitrogen and oxygen atoms in total. The summed E-state index contributed by atoms with van der Waals surface area (Å²) in [6, 6.07) is 11.5. The second-order valence-corrected chi connectivity index (χ2v) is 5.68. The average Bonchev–Trinajstić information content (AvgIpc) is 2.99. The van der Waals surface area contributed by atoms with Gasteiger partial charge in [-0.25, -0.2) is 4.68 Å². The number of carbonyl (C=O) groups excluding carboxylic acids is 1. The molecule has 0 aliphatic carbocycles. The lowest BCUT2D eigenvalue weighted by Gasteiger charge is -2.09. The van der Waals surface area contributed by atoms with E-state index >= 15 is 0 Å². The number of para-hydroxylation sites is 1. The van der Waals surface area contributed by atoms with Crippen molar-refractivity contribution in [2.24, 2.45) is 0 Å². The summed E-state index contributed by atoms with van der Waals surface area (Å²) in [5, 5.41) is 16.7. The summed E-state index contributed by atoms with van der Waals surface area (Å²) < 4.78 is 6.62. The number of aliphatic hydroxyl groups is 1. The quantitative estimate of drug-likeness (QED) is 0.815. The minimum atomic E-state index is -0.732. The van der Waals surface area contributed by atoms with Crippen molar-refractivity contribution in [2.75, 3.05) is 20.3 Å². The van der Waals surface area contributed by atoms with Crippen LogP contribution in [-0.2, 0) is 4.74 Å². The Morgan fingerprint density at radius 3 is 2.65 bits per heavy atom. The highest BCUT2D eigenvalue weighted by molar-refractivity contribution is 5.92. The molecule has 1 atom stereocenters. The monoisotopic (exact) mass is 317 g/mol. The second-order valence-electron chi connectivity index (χ2n) is 5.68. The van der Waals surface area contributed by atoms with E-state index in [-0.39, 0.29) is 25.0 Å². The molecule has 124 valence electrons. The third-order valence-corrected chi connectivity index (χ3v) is 3.42. The van der Waals surface area contributed by atoms with Gasteiger partial charge in [-0.05, 0) is 24.1 Å². The molecule has 1 heterocycles. The number of carbonyl (C=O) groups is 1. The van der Waals surface area contributed by atoms with Crippen LogP contribution < -0.4 is 5.32 Å². The van der Waals surface area contributed by atoms with E-state index in [2.05, 4.69) is 24.3 Å². The van der Waals surface area contributed by atoms with E-state index in [4.69, 9.17) is 4.74 Å². The predicted octanol–water partition coefficient (Wildman–Crippen LogP) is 1.73. The van der Waals surface area contributed by atoms with Crippen LogP contribution in [0.2, 0.25) is 0 Å². The summed E-state index contributed by atoms with van der Waals surface area (Å²) >= 11 is 0. The fraction of sp³-hybridized carbons (Fsp3) is 0.412. The maximum absolute atomic E-state index is 12.2. The average molecular weight is 317 g/mol. The van der Waals surface area contributed by atoms with Gasteiger partial charge in [-0.1, -0.05) is 32.0 Å². The molecule has 2 N–H and O–H groups in total. The molecule has 1 aromatic carbocycles. The van der Waals surface area contributed by atoms with Gasteiger partial charge < -0.3 is 15.2 Å². The van der Waals surface area contributed by atoms with Crippen LogP contribution in [-0.4, -0.2) is 47.2 Å². The number of aromatic nitrogens is 2. The zero-order valence-electron chi connectivity index (χ0n) is 13.7. The molecule has 0 aliphatic heterocycles. The first kappa shape index (κ1) is 17.2. The summed E-state index contributed by atoms with van der Waals surface area (Å²) in [7, 11) is 1.50. The van der Waals surface area contributed by atoms with Gasteiger partial charge in [0, 0.05) is 19.3 Å². The van der Waals surface area contributed by atoms with Gasteiger partial charge in [0.15, 0.2) is 5.69 Å². The fourth-order valence-corrected chi connectivity index (χ4v) is 2.25. The molecule has 2 rings (SSSR count). The maximum atomic E-state index is 12.2. The Bertz CT molecular complexity index is 638. The lowest BCUT2D eigenvalue weighted by Crippen LogP contribution is -2.34. The number of nitrogens with zero attached hydrogens (tertiary/aromatic N) is 2. The number of nitrogens with one attached hydrogen (secondary N) is 1. The molecule has 23 heavy (non-hydrogen) atoms. The SMILES string of the molecule is COCC(O)CNC(=O)c1cc(C(C)C)n(-c2ccccc2)n1. The smallest absolute Gasteiger partial charge is 0.271 e. The topological polar surface area (TPSA) is 76.4 Å². The third kappa shape index (κ3) is 4.40. The molecule has 0 bridgehead atoms. The molecule has 1 amide bonds. The Labute approximate surface area is 136 Å². The van der Waals surface area contributed by atoms with E-state index in [1.54, 1.807) is 10.7 Å². The molecular weight excluding hydrogens is 294 g/mol. The number of aliphatic hydroxyl groups excluding tert-OH is 1. The minimum absolute atomic E-state index is 0.127. The van der Waals surface area contributed by atoms with Crippen LogP contribution in [0, 0.1) is 0 Å². The van der Waals surface area contributed by atoms with Crippen LogP contribution in [0.15, 0.2) is 36.4 Å². The summed E-state index contributed by atoms with van der Waals surface area (Å²) in [4.78, 5) is 12.2. The summed E-state index contributed by atoms with van der Waals surface area (Å²) in [5.74, 6) is -0.0833. The van der Waals surface area contributed by atoms with Crippen LogP contribution in [0.1, 0.15) is 35.9 Å². The molecule has 6 heteroatoms. The number of benzene rings is 1. The maximum Gasteiger partial charge on any atom is 0.271 e. The van der Waals surface area contributed by atoms with E-state index in [0.29, 0.717) is 5.69 Å². The van der Waals surface area contributed by atoms with Crippen molar-refractivity contribution < 1.29 is 14.6 Å². The van der Waals surface area contributed by atoms with E-state index in [1.165, 1.54) is 7.11 Å². The zero-order valence-corrected chi connectivity index (χ0v) is 13.7. The van der Waals surface area contributed by atoms with Crippen molar-refractivity contribution >= 4 is 5.91 Å². The lowest BCUT2D eigenvalue weighted by atomic mass is 10.1. The molecular formula is C17H23N3O3. The Morgan fingerprint density at radius 2 is 2.04 bits per heavy atom. The Hall–Kier alpha value is -2.18. The molecule has 0 radical (unpaired) electrons.